The molecule has 0 fully saturated rings. The number of hydrogen-bond donors (Lipinski definition) is 1. The monoisotopic (exact) mass is 315 g/mol. The van der Waals surface area contributed by atoms with Crippen molar-refractivity contribution in [1.82, 2.24) is 0 Å². The van der Waals surface area contributed by atoms with E-state index in [9.17, 15) is 4.79 Å². The lowest BCUT2D eigenvalue weighted by molar-refractivity contribution is 0.104. The van der Waals surface area contributed by atoms with Crippen LogP contribution in [-0.4, -0.2) is 5.78 Å². The van der Waals surface area contributed by atoms with Gasteiger partial charge in [0.15, 0.2) is 5.78 Å². The van der Waals surface area contributed by atoms with Gasteiger partial charge in [-0.25, -0.2) is 0 Å². The van der Waals surface area contributed by atoms with Gasteiger partial charge in [0.1, 0.15) is 0 Å². The maximum atomic E-state index is 12.8. The van der Waals surface area contributed by atoms with Crippen LogP contribution in [0.15, 0.2) is 54.6 Å². The minimum absolute atomic E-state index is 0.167. The predicted molar refractivity (Wildman–Crippen MR) is 88.3 cm³/mol. The van der Waals surface area contributed by atoms with Crippen LogP contribution in [0, 0.1) is 0 Å². The SMILES string of the molecule is Nc1cccc(C(=O)c2ccc(Cl)c3ccccc23)c1Cl. The van der Waals surface area contributed by atoms with E-state index in [1.165, 1.54) is 0 Å². The first-order chi connectivity index (χ1) is 10.1. The molecule has 3 aromatic carbocycles. The van der Waals surface area contributed by atoms with Gasteiger partial charge in [0.25, 0.3) is 0 Å². The van der Waals surface area contributed by atoms with Crippen molar-refractivity contribution in [2.45, 2.75) is 0 Å². The molecule has 3 aromatic rings. The molecule has 0 amide bonds. The van der Waals surface area contributed by atoms with Gasteiger partial charge in [0.05, 0.1) is 10.7 Å². The molecule has 0 unspecified atom stereocenters. The van der Waals surface area contributed by atoms with Gasteiger partial charge < -0.3 is 5.73 Å². The summed E-state index contributed by atoms with van der Waals surface area (Å²) in [6.45, 7) is 0. The molecule has 0 aliphatic carbocycles. The maximum Gasteiger partial charge on any atom is 0.195 e. The summed E-state index contributed by atoms with van der Waals surface area (Å²) in [7, 11) is 0. The summed E-state index contributed by atoms with van der Waals surface area (Å²) in [6.07, 6.45) is 0. The number of ketones is 1. The Hall–Kier alpha value is -2.03. The van der Waals surface area contributed by atoms with Crippen molar-refractivity contribution in [2.24, 2.45) is 0 Å². The lowest BCUT2D eigenvalue weighted by Gasteiger charge is -2.09. The van der Waals surface area contributed by atoms with Gasteiger partial charge in [0, 0.05) is 21.5 Å². The van der Waals surface area contributed by atoms with Crippen LogP contribution in [0.4, 0.5) is 5.69 Å². The van der Waals surface area contributed by atoms with Crippen molar-refractivity contribution in [1.29, 1.82) is 0 Å². The summed E-state index contributed by atoms with van der Waals surface area (Å²) >= 11 is 12.3. The van der Waals surface area contributed by atoms with Gasteiger partial charge in [-0.1, -0.05) is 53.5 Å². The standard InChI is InChI=1S/C17H11Cl2NO/c18-14-9-8-12(10-4-1-2-5-11(10)14)17(21)13-6-3-7-15(20)16(13)19/h1-9H,20H2. The van der Waals surface area contributed by atoms with Crippen LogP contribution < -0.4 is 5.73 Å². The predicted octanol–water partition coefficient (Wildman–Crippen LogP) is 4.96. The third kappa shape index (κ3) is 2.37. The number of fused-ring (bicyclic) bond motifs is 1. The molecule has 2 N–H and O–H groups in total. The summed E-state index contributed by atoms with van der Waals surface area (Å²) in [4.78, 5) is 12.8. The van der Waals surface area contributed by atoms with Crippen LogP contribution >= 0.6 is 23.2 Å². The number of rotatable bonds is 2. The van der Waals surface area contributed by atoms with Gasteiger partial charge >= 0.3 is 0 Å². The number of hydrogen-bond acceptors (Lipinski definition) is 2. The summed E-state index contributed by atoms with van der Waals surface area (Å²) in [5.41, 5.74) is 7.11. The Labute approximate surface area is 132 Å². The quantitative estimate of drug-likeness (QED) is 0.536. The van der Waals surface area contributed by atoms with Crippen LogP contribution in [0.25, 0.3) is 10.8 Å². The average molecular weight is 316 g/mol. The summed E-state index contributed by atoms with van der Waals surface area (Å²) in [5, 5.41) is 2.53. The minimum Gasteiger partial charge on any atom is -0.398 e. The second kappa shape index (κ2) is 5.40. The molecule has 0 saturated carbocycles. The molecule has 0 atom stereocenters. The first kappa shape index (κ1) is 13.9. The van der Waals surface area contributed by atoms with Crippen molar-refractivity contribution < 1.29 is 4.79 Å². The number of carbonyl (C=O) groups is 1. The number of benzene rings is 3. The normalized spacial score (nSPS) is 10.8. The Bertz CT molecular complexity index is 859. The van der Waals surface area contributed by atoms with Gasteiger partial charge in [-0.3, -0.25) is 4.79 Å². The highest BCUT2D eigenvalue weighted by Gasteiger charge is 2.17. The Morgan fingerprint density at radius 2 is 1.52 bits per heavy atom. The van der Waals surface area contributed by atoms with Gasteiger partial charge in [-0.2, -0.15) is 0 Å². The van der Waals surface area contributed by atoms with Crippen LogP contribution in [0.1, 0.15) is 15.9 Å². The first-order valence-corrected chi connectivity index (χ1v) is 7.11. The van der Waals surface area contributed by atoms with E-state index < -0.39 is 0 Å². The van der Waals surface area contributed by atoms with Crippen LogP contribution in [-0.2, 0) is 0 Å². The fraction of sp³-hybridized carbons (Fsp3) is 0. The minimum atomic E-state index is -0.167. The molecule has 0 bridgehead atoms. The van der Waals surface area contributed by atoms with E-state index in [-0.39, 0.29) is 10.8 Å². The molecule has 0 radical (unpaired) electrons. The summed E-state index contributed by atoms with van der Waals surface area (Å²) in [6, 6.07) is 16.0. The third-order valence-corrected chi connectivity index (χ3v) is 4.14. The van der Waals surface area contributed by atoms with E-state index in [0.29, 0.717) is 21.8 Å². The van der Waals surface area contributed by atoms with E-state index in [4.69, 9.17) is 28.9 Å². The molecular formula is C17H11Cl2NO. The van der Waals surface area contributed by atoms with E-state index in [2.05, 4.69) is 0 Å². The second-order valence-corrected chi connectivity index (χ2v) is 5.46. The van der Waals surface area contributed by atoms with Crippen molar-refractivity contribution in [3.8, 4) is 0 Å². The molecule has 3 rings (SSSR count). The Morgan fingerprint density at radius 1 is 0.810 bits per heavy atom. The number of nitrogen functional groups attached to an aromatic ring is 1. The third-order valence-electron chi connectivity index (χ3n) is 3.39. The highest BCUT2D eigenvalue weighted by molar-refractivity contribution is 6.39. The first-order valence-electron chi connectivity index (χ1n) is 6.35. The zero-order valence-corrected chi connectivity index (χ0v) is 12.4. The fourth-order valence-electron chi connectivity index (χ4n) is 2.33. The van der Waals surface area contributed by atoms with Crippen LogP contribution in [0.3, 0.4) is 0 Å². The van der Waals surface area contributed by atoms with Crippen LogP contribution in [0.5, 0.6) is 0 Å². The van der Waals surface area contributed by atoms with Gasteiger partial charge in [-0.15, -0.1) is 0 Å². The molecule has 0 aliphatic rings. The maximum absolute atomic E-state index is 12.8. The number of carbonyl (C=O) groups excluding carboxylic acids is 1. The van der Waals surface area contributed by atoms with Crippen molar-refractivity contribution in [3.63, 3.8) is 0 Å². The number of halogens is 2. The summed E-state index contributed by atoms with van der Waals surface area (Å²) in [5.74, 6) is -0.167. The Morgan fingerprint density at radius 3 is 2.29 bits per heavy atom. The average Bonchev–Trinajstić information content (AvgIpc) is 2.50. The summed E-state index contributed by atoms with van der Waals surface area (Å²) < 4.78 is 0. The van der Waals surface area contributed by atoms with Gasteiger partial charge in [0.2, 0.25) is 0 Å². The van der Waals surface area contributed by atoms with Crippen molar-refractivity contribution in [3.05, 3.63) is 75.8 Å². The van der Waals surface area contributed by atoms with E-state index >= 15 is 0 Å². The molecule has 0 aliphatic heterocycles. The highest BCUT2D eigenvalue weighted by Crippen LogP contribution is 2.31. The van der Waals surface area contributed by atoms with Gasteiger partial charge in [-0.05, 0) is 29.7 Å². The smallest absolute Gasteiger partial charge is 0.195 e. The van der Waals surface area contributed by atoms with E-state index in [1.54, 1.807) is 30.3 Å². The molecule has 0 heterocycles. The zero-order chi connectivity index (χ0) is 15.0. The molecule has 21 heavy (non-hydrogen) atoms. The number of nitrogens with two attached hydrogens (primary N) is 1. The van der Waals surface area contributed by atoms with Crippen molar-refractivity contribution >= 4 is 45.4 Å². The van der Waals surface area contributed by atoms with Crippen molar-refractivity contribution in [2.75, 3.05) is 5.73 Å². The van der Waals surface area contributed by atoms with E-state index in [0.717, 1.165) is 10.8 Å². The van der Waals surface area contributed by atoms with E-state index in [1.807, 2.05) is 24.3 Å². The highest BCUT2D eigenvalue weighted by atomic mass is 35.5. The zero-order valence-electron chi connectivity index (χ0n) is 10.9. The second-order valence-electron chi connectivity index (χ2n) is 4.68. The lowest BCUT2D eigenvalue weighted by Crippen LogP contribution is -2.04. The number of anilines is 1. The molecule has 104 valence electrons. The molecule has 2 nitrogen and oxygen atoms in total. The van der Waals surface area contributed by atoms with Crippen LogP contribution in [0.2, 0.25) is 10.0 Å². The Kier molecular flexibility index (Phi) is 3.58. The molecular weight excluding hydrogens is 305 g/mol. The molecule has 0 aromatic heterocycles. The fourth-order valence-corrected chi connectivity index (χ4v) is 2.77. The Balaban J connectivity index is 2.23. The topological polar surface area (TPSA) is 43.1 Å². The molecule has 0 saturated heterocycles. The molecule has 0 spiro atoms. The lowest BCUT2D eigenvalue weighted by atomic mass is 9.97. The largest absolute Gasteiger partial charge is 0.398 e. The molecule has 4 heteroatoms.